The Morgan fingerprint density at radius 2 is 2.29 bits per heavy atom. The normalized spacial score (nSPS) is 26.3. The van der Waals surface area contributed by atoms with Crippen molar-refractivity contribution in [1.82, 2.24) is 25.1 Å². The first-order chi connectivity index (χ1) is 8.36. The SMILES string of the molecule is CCC1CN(Cc2nnnn2C2CC2)CCO1. The van der Waals surface area contributed by atoms with E-state index in [4.69, 9.17) is 4.74 Å². The first kappa shape index (κ1) is 11.1. The van der Waals surface area contributed by atoms with Crippen LogP contribution in [0.15, 0.2) is 0 Å². The van der Waals surface area contributed by atoms with E-state index in [9.17, 15) is 0 Å². The lowest BCUT2D eigenvalue weighted by Gasteiger charge is -2.31. The lowest BCUT2D eigenvalue weighted by atomic mass is 10.2. The molecule has 94 valence electrons. The van der Waals surface area contributed by atoms with Crippen molar-refractivity contribution in [3.8, 4) is 0 Å². The number of tetrazole rings is 1. The molecular formula is C11H19N5O. The van der Waals surface area contributed by atoms with E-state index in [2.05, 4.69) is 27.3 Å². The van der Waals surface area contributed by atoms with Gasteiger partial charge in [-0.25, -0.2) is 4.68 Å². The highest BCUT2D eigenvalue weighted by Crippen LogP contribution is 2.34. The average molecular weight is 237 g/mol. The van der Waals surface area contributed by atoms with Gasteiger partial charge in [-0.2, -0.15) is 0 Å². The molecule has 0 amide bonds. The van der Waals surface area contributed by atoms with Gasteiger partial charge in [-0.15, -0.1) is 5.10 Å². The highest BCUT2D eigenvalue weighted by atomic mass is 16.5. The maximum absolute atomic E-state index is 5.67. The molecule has 1 aromatic rings. The summed E-state index contributed by atoms with van der Waals surface area (Å²) in [5, 5.41) is 12.0. The number of rotatable bonds is 4. The molecule has 3 rings (SSSR count). The predicted molar refractivity (Wildman–Crippen MR) is 61.4 cm³/mol. The van der Waals surface area contributed by atoms with Gasteiger partial charge in [0.15, 0.2) is 5.82 Å². The molecule has 1 saturated heterocycles. The minimum atomic E-state index is 0.369. The second-order valence-electron chi connectivity index (χ2n) is 4.91. The van der Waals surface area contributed by atoms with Crippen LogP contribution < -0.4 is 0 Å². The summed E-state index contributed by atoms with van der Waals surface area (Å²) in [4.78, 5) is 2.39. The van der Waals surface area contributed by atoms with Gasteiger partial charge in [0.05, 0.1) is 25.3 Å². The molecule has 6 nitrogen and oxygen atoms in total. The fraction of sp³-hybridized carbons (Fsp3) is 0.909. The minimum absolute atomic E-state index is 0.369. The Hall–Kier alpha value is -1.01. The van der Waals surface area contributed by atoms with Gasteiger partial charge in [-0.1, -0.05) is 6.92 Å². The van der Waals surface area contributed by atoms with Crippen LogP contribution in [-0.2, 0) is 11.3 Å². The van der Waals surface area contributed by atoms with E-state index in [0.717, 1.165) is 38.5 Å². The Kier molecular flexibility index (Phi) is 3.07. The summed E-state index contributed by atoms with van der Waals surface area (Å²) in [6.45, 7) is 5.82. The molecule has 0 radical (unpaired) electrons. The van der Waals surface area contributed by atoms with Crippen molar-refractivity contribution in [2.75, 3.05) is 19.7 Å². The van der Waals surface area contributed by atoms with Crippen LogP contribution in [0.25, 0.3) is 0 Å². The zero-order valence-electron chi connectivity index (χ0n) is 10.2. The number of hydrogen-bond donors (Lipinski definition) is 0. The summed E-state index contributed by atoms with van der Waals surface area (Å²) >= 11 is 0. The predicted octanol–water partition coefficient (Wildman–Crippen LogP) is 0.619. The van der Waals surface area contributed by atoms with Crippen molar-refractivity contribution < 1.29 is 4.74 Å². The molecule has 0 spiro atoms. The zero-order chi connectivity index (χ0) is 11.7. The molecule has 17 heavy (non-hydrogen) atoms. The molecule has 0 N–H and O–H groups in total. The molecule has 6 heteroatoms. The van der Waals surface area contributed by atoms with E-state index in [-0.39, 0.29) is 0 Å². The van der Waals surface area contributed by atoms with Crippen molar-refractivity contribution in [2.24, 2.45) is 0 Å². The minimum Gasteiger partial charge on any atom is -0.376 e. The van der Waals surface area contributed by atoms with Gasteiger partial charge in [-0.3, -0.25) is 4.90 Å². The number of hydrogen-bond acceptors (Lipinski definition) is 5. The fourth-order valence-corrected chi connectivity index (χ4v) is 2.29. The highest BCUT2D eigenvalue weighted by molar-refractivity contribution is 4.91. The summed E-state index contributed by atoms with van der Waals surface area (Å²) in [6.07, 6.45) is 3.88. The quantitative estimate of drug-likeness (QED) is 0.768. The maximum atomic E-state index is 5.67. The summed E-state index contributed by atoms with van der Waals surface area (Å²) in [6, 6.07) is 0.558. The second-order valence-corrected chi connectivity index (χ2v) is 4.91. The molecule has 0 aromatic carbocycles. The number of morpholine rings is 1. The van der Waals surface area contributed by atoms with Gasteiger partial charge in [0.25, 0.3) is 0 Å². The highest BCUT2D eigenvalue weighted by Gasteiger charge is 2.29. The van der Waals surface area contributed by atoms with Crippen LogP contribution in [0.3, 0.4) is 0 Å². The maximum Gasteiger partial charge on any atom is 0.165 e. The van der Waals surface area contributed by atoms with Gasteiger partial charge >= 0.3 is 0 Å². The molecule has 1 aliphatic heterocycles. The van der Waals surface area contributed by atoms with Gasteiger partial charge in [0.1, 0.15) is 0 Å². The molecule has 2 heterocycles. The molecule has 2 fully saturated rings. The molecular weight excluding hydrogens is 218 g/mol. The molecule has 0 bridgehead atoms. The smallest absolute Gasteiger partial charge is 0.165 e. The van der Waals surface area contributed by atoms with Crippen LogP contribution in [0.5, 0.6) is 0 Å². The Bertz CT molecular complexity index is 376. The van der Waals surface area contributed by atoms with Gasteiger partial charge in [0, 0.05) is 13.1 Å². The Morgan fingerprint density at radius 1 is 1.41 bits per heavy atom. The molecule has 2 aliphatic rings. The third-order valence-electron chi connectivity index (χ3n) is 3.50. The van der Waals surface area contributed by atoms with Crippen molar-refractivity contribution in [3.63, 3.8) is 0 Å². The average Bonchev–Trinajstić information content (AvgIpc) is 3.11. The molecule has 1 aliphatic carbocycles. The second kappa shape index (κ2) is 4.70. The van der Waals surface area contributed by atoms with E-state index in [0.29, 0.717) is 12.1 Å². The van der Waals surface area contributed by atoms with Crippen molar-refractivity contribution >= 4 is 0 Å². The lowest BCUT2D eigenvalue weighted by Crippen LogP contribution is -2.42. The van der Waals surface area contributed by atoms with Crippen LogP contribution in [0, 0.1) is 0 Å². The molecule has 1 atom stereocenters. The summed E-state index contributed by atoms with van der Waals surface area (Å²) < 4.78 is 7.66. The van der Waals surface area contributed by atoms with E-state index in [1.807, 2.05) is 4.68 Å². The third kappa shape index (κ3) is 2.47. The van der Waals surface area contributed by atoms with Crippen LogP contribution in [0.1, 0.15) is 38.1 Å². The number of ether oxygens (including phenoxy) is 1. The lowest BCUT2D eigenvalue weighted by molar-refractivity contribution is -0.0335. The van der Waals surface area contributed by atoms with E-state index in [1.165, 1.54) is 12.8 Å². The van der Waals surface area contributed by atoms with Crippen LogP contribution in [0.2, 0.25) is 0 Å². The first-order valence-corrected chi connectivity index (χ1v) is 6.47. The summed E-state index contributed by atoms with van der Waals surface area (Å²) in [5.74, 6) is 1.00. The largest absolute Gasteiger partial charge is 0.376 e. The Balaban J connectivity index is 1.63. The van der Waals surface area contributed by atoms with Crippen molar-refractivity contribution in [2.45, 2.75) is 44.9 Å². The topological polar surface area (TPSA) is 56.1 Å². The number of nitrogens with zero attached hydrogens (tertiary/aromatic N) is 5. The van der Waals surface area contributed by atoms with Gasteiger partial charge in [-0.05, 0) is 29.7 Å². The third-order valence-corrected chi connectivity index (χ3v) is 3.50. The molecule has 1 aromatic heterocycles. The molecule has 1 saturated carbocycles. The van der Waals surface area contributed by atoms with Crippen LogP contribution in [-0.4, -0.2) is 50.9 Å². The van der Waals surface area contributed by atoms with Crippen molar-refractivity contribution in [1.29, 1.82) is 0 Å². The van der Waals surface area contributed by atoms with E-state index in [1.54, 1.807) is 0 Å². The van der Waals surface area contributed by atoms with Crippen molar-refractivity contribution in [3.05, 3.63) is 5.82 Å². The van der Waals surface area contributed by atoms with E-state index < -0.39 is 0 Å². The van der Waals surface area contributed by atoms with E-state index >= 15 is 0 Å². The monoisotopic (exact) mass is 237 g/mol. The summed E-state index contributed by atoms with van der Waals surface area (Å²) in [7, 11) is 0. The van der Waals surface area contributed by atoms with Crippen LogP contribution in [0.4, 0.5) is 0 Å². The van der Waals surface area contributed by atoms with Crippen LogP contribution >= 0.6 is 0 Å². The molecule has 1 unspecified atom stereocenters. The standard InChI is InChI=1S/C11H19N5O/c1-2-10-7-15(5-6-17-10)8-11-12-13-14-16(11)9-3-4-9/h9-10H,2-8H2,1H3. The van der Waals surface area contributed by atoms with Gasteiger partial charge in [0.2, 0.25) is 0 Å². The Morgan fingerprint density at radius 3 is 3.06 bits per heavy atom. The summed E-state index contributed by atoms with van der Waals surface area (Å²) in [5.41, 5.74) is 0. The Labute approximate surface area is 101 Å². The fourth-order valence-electron chi connectivity index (χ4n) is 2.29. The zero-order valence-corrected chi connectivity index (χ0v) is 10.2. The number of aromatic nitrogens is 4. The first-order valence-electron chi connectivity index (χ1n) is 6.47. The van der Waals surface area contributed by atoms with Gasteiger partial charge < -0.3 is 4.74 Å².